The molecule has 0 nitrogen and oxygen atoms in total. The van der Waals surface area contributed by atoms with Crippen LogP contribution in [0.3, 0.4) is 0 Å². The standard InChI is InChI=1S/C4H10.C2H3Br.Mg.2H/c1-3-4-2;1-2-3;;;/h3-4H2,1-2H3;2H,1H2;;;/q;;+2;2*-1. The van der Waals surface area contributed by atoms with E-state index in [1.54, 1.807) is 4.99 Å². The Hall–Kier alpha value is 0.986. The van der Waals surface area contributed by atoms with Crippen molar-refractivity contribution in [2.75, 3.05) is 0 Å². The topological polar surface area (TPSA) is 0 Å². The maximum atomic E-state index is 3.28. The van der Waals surface area contributed by atoms with E-state index >= 15 is 0 Å². The third-order valence-electron chi connectivity index (χ3n) is 0.500. The van der Waals surface area contributed by atoms with Crippen molar-refractivity contribution in [1.29, 1.82) is 0 Å². The Balaban J connectivity index is -0.0000000131. The molecule has 0 atom stereocenters. The molecule has 0 rings (SSSR count). The van der Waals surface area contributed by atoms with E-state index in [1.165, 1.54) is 12.8 Å². The Bertz CT molecular complexity index is 34.9. The molecule has 48 valence electrons. The maximum Gasteiger partial charge on any atom is 2.00 e. The van der Waals surface area contributed by atoms with E-state index in [1.807, 2.05) is 0 Å². The third kappa shape index (κ3) is 63.5. The smallest absolute Gasteiger partial charge is 1.00 e. The van der Waals surface area contributed by atoms with Crippen molar-refractivity contribution >= 4 is 39.0 Å². The summed E-state index contributed by atoms with van der Waals surface area (Å²) in [7, 11) is 0. The number of unbranched alkanes of at least 4 members (excludes halogenated alkanes) is 1. The predicted molar refractivity (Wildman–Crippen MR) is 47.7 cm³/mol. The molecule has 0 fully saturated rings. The van der Waals surface area contributed by atoms with Gasteiger partial charge in [0.15, 0.2) is 0 Å². The van der Waals surface area contributed by atoms with Crippen molar-refractivity contribution in [3.05, 3.63) is 11.6 Å². The molecule has 0 aromatic carbocycles. The van der Waals surface area contributed by atoms with Gasteiger partial charge in [0, 0.05) is 0 Å². The van der Waals surface area contributed by atoms with Crippen LogP contribution in [-0.2, 0) is 0 Å². The van der Waals surface area contributed by atoms with E-state index in [2.05, 4.69) is 36.4 Å². The molecule has 0 heterocycles. The summed E-state index contributed by atoms with van der Waals surface area (Å²) in [5.74, 6) is 0. The first-order chi connectivity index (χ1) is 3.33. The minimum absolute atomic E-state index is 0. The molecule has 0 saturated heterocycles. The van der Waals surface area contributed by atoms with Gasteiger partial charge in [0.1, 0.15) is 0 Å². The van der Waals surface area contributed by atoms with Gasteiger partial charge in [-0.15, -0.1) is 0 Å². The molecule has 0 unspecified atom stereocenters. The molecule has 0 amide bonds. The molecular formula is C6H15BrMg. The number of halogens is 1. The van der Waals surface area contributed by atoms with Gasteiger partial charge in [-0.3, -0.25) is 0 Å². The van der Waals surface area contributed by atoms with E-state index in [9.17, 15) is 0 Å². The molecular weight excluding hydrogens is 176 g/mol. The predicted octanol–water partition coefficient (Wildman–Crippen LogP) is 3.18. The average Bonchev–Trinajstić information content (AvgIpc) is 1.69. The fourth-order valence-corrected chi connectivity index (χ4v) is 0. The third-order valence-corrected chi connectivity index (χ3v) is 0.500. The van der Waals surface area contributed by atoms with Crippen LogP contribution in [-0.4, -0.2) is 23.1 Å². The minimum Gasteiger partial charge on any atom is -1.00 e. The molecule has 0 aromatic rings. The van der Waals surface area contributed by atoms with E-state index in [0.29, 0.717) is 0 Å². The molecule has 0 spiro atoms. The fraction of sp³-hybridized carbons (Fsp3) is 0.667. The SMILES string of the molecule is C=CBr.CCCC.[H-].[H-].[Mg+2]. The van der Waals surface area contributed by atoms with Crippen LogP contribution in [0.4, 0.5) is 0 Å². The zero-order valence-corrected chi connectivity index (χ0v) is 8.78. The van der Waals surface area contributed by atoms with Gasteiger partial charge >= 0.3 is 23.1 Å². The van der Waals surface area contributed by atoms with Crippen LogP contribution >= 0.6 is 15.9 Å². The van der Waals surface area contributed by atoms with Crippen LogP contribution in [0.1, 0.15) is 29.5 Å². The molecule has 0 N–H and O–H groups in total. The second kappa shape index (κ2) is 24.5. The second-order valence-electron chi connectivity index (χ2n) is 1.15. The summed E-state index contributed by atoms with van der Waals surface area (Å²) in [6, 6.07) is 0. The number of rotatable bonds is 1. The zero-order valence-electron chi connectivity index (χ0n) is 7.78. The summed E-state index contributed by atoms with van der Waals surface area (Å²) in [6.45, 7) is 7.64. The summed E-state index contributed by atoms with van der Waals surface area (Å²) in [5, 5.41) is 0. The van der Waals surface area contributed by atoms with Crippen LogP contribution in [0, 0.1) is 0 Å². The Morgan fingerprint density at radius 2 is 1.62 bits per heavy atom. The first-order valence-corrected chi connectivity index (χ1v) is 3.46. The van der Waals surface area contributed by atoms with Gasteiger partial charge in [-0.25, -0.2) is 0 Å². The molecule has 0 radical (unpaired) electrons. The monoisotopic (exact) mass is 190 g/mol. The van der Waals surface area contributed by atoms with Crippen molar-refractivity contribution in [2.45, 2.75) is 26.7 Å². The van der Waals surface area contributed by atoms with Crippen molar-refractivity contribution in [1.82, 2.24) is 0 Å². The summed E-state index contributed by atoms with van der Waals surface area (Å²) < 4.78 is 0. The Kier molecular flexibility index (Phi) is 49.0. The van der Waals surface area contributed by atoms with Crippen molar-refractivity contribution in [2.24, 2.45) is 0 Å². The van der Waals surface area contributed by atoms with E-state index in [-0.39, 0.29) is 25.9 Å². The van der Waals surface area contributed by atoms with Crippen LogP contribution in [0.2, 0.25) is 0 Å². The molecule has 0 aliphatic rings. The summed E-state index contributed by atoms with van der Waals surface area (Å²) >= 11 is 2.91. The largest absolute Gasteiger partial charge is 2.00 e. The molecule has 0 saturated carbocycles. The summed E-state index contributed by atoms with van der Waals surface area (Å²) in [5.41, 5.74) is 0. The first kappa shape index (κ1) is 16.0. The Morgan fingerprint density at radius 3 is 1.62 bits per heavy atom. The molecule has 8 heavy (non-hydrogen) atoms. The maximum absolute atomic E-state index is 3.28. The van der Waals surface area contributed by atoms with Gasteiger partial charge in [-0.2, -0.15) is 0 Å². The quantitative estimate of drug-likeness (QED) is 0.559. The number of hydrogen-bond acceptors (Lipinski definition) is 0. The van der Waals surface area contributed by atoms with Gasteiger partial charge in [-0.05, 0) is 4.99 Å². The molecule has 0 aliphatic carbocycles. The Labute approximate surface area is 80.0 Å². The van der Waals surface area contributed by atoms with Gasteiger partial charge in [0.05, 0.1) is 0 Å². The van der Waals surface area contributed by atoms with E-state index < -0.39 is 0 Å². The van der Waals surface area contributed by atoms with Crippen LogP contribution in [0.25, 0.3) is 0 Å². The Morgan fingerprint density at radius 1 is 1.50 bits per heavy atom. The molecule has 0 aliphatic heterocycles. The molecule has 0 bridgehead atoms. The second-order valence-corrected chi connectivity index (χ2v) is 1.80. The van der Waals surface area contributed by atoms with E-state index in [0.717, 1.165) is 0 Å². The van der Waals surface area contributed by atoms with Gasteiger partial charge < -0.3 is 2.85 Å². The van der Waals surface area contributed by atoms with Gasteiger partial charge in [0.25, 0.3) is 0 Å². The summed E-state index contributed by atoms with van der Waals surface area (Å²) in [4.78, 5) is 1.56. The van der Waals surface area contributed by atoms with Gasteiger partial charge in [-0.1, -0.05) is 49.2 Å². The van der Waals surface area contributed by atoms with Crippen molar-refractivity contribution in [3.63, 3.8) is 0 Å². The fourth-order valence-electron chi connectivity index (χ4n) is 0. The van der Waals surface area contributed by atoms with Crippen molar-refractivity contribution in [3.8, 4) is 0 Å². The normalized spacial score (nSPS) is 5.38. The minimum atomic E-state index is 0. The van der Waals surface area contributed by atoms with Crippen LogP contribution < -0.4 is 0 Å². The molecule has 0 aromatic heterocycles. The molecule has 2 heteroatoms. The van der Waals surface area contributed by atoms with Crippen LogP contribution in [0.5, 0.6) is 0 Å². The van der Waals surface area contributed by atoms with E-state index in [4.69, 9.17) is 0 Å². The first-order valence-electron chi connectivity index (χ1n) is 2.54. The van der Waals surface area contributed by atoms with Gasteiger partial charge in [0.2, 0.25) is 0 Å². The zero-order chi connectivity index (χ0) is 6.12. The van der Waals surface area contributed by atoms with Crippen molar-refractivity contribution < 1.29 is 2.85 Å². The summed E-state index contributed by atoms with van der Waals surface area (Å²) in [6.07, 6.45) is 2.64. The van der Waals surface area contributed by atoms with Crippen LogP contribution in [0.15, 0.2) is 11.6 Å². The number of hydrogen-bond donors (Lipinski definition) is 0. The average molecular weight is 191 g/mol.